The number of hydrogen-bond acceptors (Lipinski definition) is 6. The summed E-state index contributed by atoms with van der Waals surface area (Å²) in [5.41, 5.74) is 0. The maximum atomic E-state index is 13.0. The van der Waals surface area contributed by atoms with Gasteiger partial charge in [-0.2, -0.15) is 0 Å². The molecule has 0 aromatic heterocycles. The molecule has 1 unspecified atom stereocenters. The van der Waals surface area contributed by atoms with Gasteiger partial charge in [-0.3, -0.25) is 14.4 Å². The van der Waals surface area contributed by atoms with Gasteiger partial charge in [0.2, 0.25) is 0 Å². The van der Waals surface area contributed by atoms with E-state index in [0.717, 1.165) is 83.5 Å². The first-order valence-corrected chi connectivity index (χ1v) is 37.1. The van der Waals surface area contributed by atoms with Gasteiger partial charge < -0.3 is 14.2 Å². The zero-order valence-electron chi connectivity index (χ0n) is 56.0. The molecular weight excluding hydrogens is 1020 g/mol. The van der Waals surface area contributed by atoms with Crippen LogP contribution in [0.2, 0.25) is 0 Å². The normalized spacial score (nSPS) is 12.3. The maximum Gasteiger partial charge on any atom is 0.306 e. The molecule has 1 atom stereocenters. The molecule has 0 N–H and O–H groups in total. The highest BCUT2D eigenvalue weighted by Gasteiger charge is 2.20. The predicted molar refractivity (Wildman–Crippen MR) is 362 cm³/mol. The SMILES string of the molecule is CC/C=C\C/C=C\C/C=C\C/C=C\CCCCCCCCCCCCCCC(=O)OCC(COC(=O)CCCCCCCCCCCCCCCCCCCCC)OC(=O)CCCCCCCCCCCCCCCCCCCCCCC. The van der Waals surface area contributed by atoms with Crippen LogP contribution in [0.15, 0.2) is 48.6 Å². The first-order valence-electron chi connectivity index (χ1n) is 37.1. The highest BCUT2D eigenvalue weighted by atomic mass is 16.6. The van der Waals surface area contributed by atoms with Crippen LogP contribution in [0, 0.1) is 0 Å². The van der Waals surface area contributed by atoms with Gasteiger partial charge in [-0.05, 0) is 57.8 Å². The molecule has 486 valence electrons. The quantitative estimate of drug-likeness (QED) is 0.0261. The van der Waals surface area contributed by atoms with E-state index in [1.165, 1.54) is 283 Å². The number of hydrogen-bond donors (Lipinski definition) is 0. The molecule has 0 radical (unpaired) electrons. The fourth-order valence-corrected chi connectivity index (χ4v) is 11.3. The number of unbranched alkanes of at least 4 members (excludes halogenated alkanes) is 50. The number of ether oxygens (including phenoxy) is 3. The third kappa shape index (κ3) is 70.0. The smallest absolute Gasteiger partial charge is 0.306 e. The molecule has 6 nitrogen and oxygen atoms in total. The van der Waals surface area contributed by atoms with E-state index in [9.17, 15) is 14.4 Å². The van der Waals surface area contributed by atoms with Crippen LogP contribution in [-0.4, -0.2) is 37.2 Å². The highest BCUT2D eigenvalue weighted by molar-refractivity contribution is 5.71. The molecule has 0 aromatic rings. The molecule has 0 heterocycles. The van der Waals surface area contributed by atoms with Gasteiger partial charge in [0.05, 0.1) is 0 Å². The van der Waals surface area contributed by atoms with Crippen molar-refractivity contribution >= 4 is 17.9 Å². The monoisotopic (exact) mass is 1160 g/mol. The van der Waals surface area contributed by atoms with Gasteiger partial charge in [-0.25, -0.2) is 0 Å². The molecular formula is C77H142O6. The Kier molecular flexibility index (Phi) is 69.6. The fraction of sp³-hybridized carbons (Fsp3) is 0.857. The van der Waals surface area contributed by atoms with E-state index in [2.05, 4.69) is 69.4 Å². The molecule has 0 saturated heterocycles. The molecule has 0 saturated carbocycles. The summed E-state index contributed by atoms with van der Waals surface area (Å²) in [7, 11) is 0. The van der Waals surface area contributed by atoms with E-state index in [0.29, 0.717) is 19.3 Å². The van der Waals surface area contributed by atoms with Gasteiger partial charge in [0.15, 0.2) is 6.10 Å². The molecule has 0 bridgehead atoms. The molecule has 0 fully saturated rings. The van der Waals surface area contributed by atoms with Crippen LogP contribution < -0.4 is 0 Å². The standard InChI is InChI=1S/C77H142O6/c1-4-7-10-13-16-19-22-25-28-31-34-36-37-38-39-41-43-46-49-52-55-58-61-64-67-70-76(79)82-73-74(72-81-75(78)69-66-63-60-57-54-51-48-45-42-33-30-27-24-21-18-15-12-9-6-3)83-77(80)71-68-65-62-59-56-53-50-47-44-40-35-32-29-26-23-20-17-14-11-8-5-2/h7,10,16,19,25,28,34,36,74H,4-6,8-9,11-15,17-18,20-24,26-27,29-33,35,37-73H2,1-3H3/b10-7-,19-16-,28-25-,36-34-. The van der Waals surface area contributed by atoms with Crippen molar-refractivity contribution in [1.82, 2.24) is 0 Å². The average Bonchev–Trinajstić information content (AvgIpc) is 3.50. The average molecular weight is 1160 g/mol. The second kappa shape index (κ2) is 71.8. The molecule has 0 aromatic carbocycles. The Morgan fingerprint density at radius 2 is 0.470 bits per heavy atom. The summed E-state index contributed by atoms with van der Waals surface area (Å²) in [6, 6.07) is 0. The Hall–Kier alpha value is -2.63. The molecule has 83 heavy (non-hydrogen) atoms. The minimum absolute atomic E-state index is 0.0665. The lowest BCUT2D eigenvalue weighted by Gasteiger charge is -2.18. The maximum absolute atomic E-state index is 13.0. The summed E-state index contributed by atoms with van der Waals surface area (Å²) in [6.07, 6.45) is 91.4. The Labute approximate surface area is 518 Å². The fourth-order valence-electron chi connectivity index (χ4n) is 11.3. The first kappa shape index (κ1) is 80.4. The third-order valence-corrected chi connectivity index (χ3v) is 16.8. The zero-order valence-corrected chi connectivity index (χ0v) is 56.0. The Morgan fingerprint density at radius 3 is 0.735 bits per heavy atom. The van der Waals surface area contributed by atoms with Gasteiger partial charge in [0.1, 0.15) is 13.2 Å². The molecule has 6 heteroatoms. The van der Waals surface area contributed by atoms with Crippen molar-refractivity contribution in [2.24, 2.45) is 0 Å². The van der Waals surface area contributed by atoms with Crippen molar-refractivity contribution in [3.63, 3.8) is 0 Å². The topological polar surface area (TPSA) is 78.9 Å². The Bertz CT molecular complexity index is 1430. The predicted octanol–water partition coefficient (Wildman–Crippen LogP) is 25.7. The number of allylic oxidation sites excluding steroid dienone is 8. The van der Waals surface area contributed by atoms with E-state index in [1.807, 2.05) is 0 Å². The largest absolute Gasteiger partial charge is 0.462 e. The van der Waals surface area contributed by atoms with E-state index >= 15 is 0 Å². The van der Waals surface area contributed by atoms with Gasteiger partial charge in [-0.15, -0.1) is 0 Å². The van der Waals surface area contributed by atoms with Crippen molar-refractivity contribution in [2.45, 2.75) is 412 Å². The van der Waals surface area contributed by atoms with Crippen LogP contribution in [0.25, 0.3) is 0 Å². The summed E-state index contributed by atoms with van der Waals surface area (Å²) in [4.78, 5) is 38.6. The molecule has 0 aliphatic heterocycles. The number of esters is 3. The zero-order chi connectivity index (χ0) is 59.9. The van der Waals surface area contributed by atoms with Crippen LogP contribution in [-0.2, 0) is 28.6 Å². The second-order valence-corrected chi connectivity index (χ2v) is 25.2. The van der Waals surface area contributed by atoms with Crippen molar-refractivity contribution < 1.29 is 28.6 Å². The second-order valence-electron chi connectivity index (χ2n) is 25.2. The van der Waals surface area contributed by atoms with Crippen LogP contribution in [0.1, 0.15) is 406 Å². The van der Waals surface area contributed by atoms with Gasteiger partial charge in [0.25, 0.3) is 0 Å². The van der Waals surface area contributed by atoms with Crippen molar-refractivity contribution in [1.29, 1.82) is 0 Å². The minimum Gasteiger partial charge on any atom is -0.462 e. The van der Waals surface area contributed by atoms with Crippen LogP contribution in [0.5, 0.6) is 0 Å². The number of rotatable bonds is 69. The van der Waals surface area contributed by atoms with Crippen LogP contribution >= 0.6 is 0 Å². The lowest BCUT2D eigenvalue weighted by molar-refractivity contribution is -0.167. The lowest BCUT2D eigenvalue weighted by Crippen LogP contribution is -2.30. The van der Waals surface area contributed by atoms with Crippen LogP contribution in [0.4, 0.5) is 0 Å². The Balaban J connectivity index is 4.30. The summed E-state index contributed by atoms with van der Waals surface area (Å²) >= 11 is 0. The minimum atomic E-state index is -0.772. The number of carbonyl (C=O) groups excluding carboxylic acids is 3. The van der Waals surface area contributed by atoms with Crippen molar-refractivity contribution in [2.75, 3.05) is 13.2 Å². The molecule has 0 spiro atoms. The van der Waals surface area contributed by atoms with Gasteiger partial charge in [-0.1, -0.05) is 378 Å². The molecule has 0 amide bonds. The highest BCUT2D eigenvalue weighted by Crippen LogP contribution is 2.19. The van der Waals surface area contributed by atoms with Crippen LogP contribution in [0.3, 0.4) is 0 Å². The Morgan fingerprint density at radius 1 is 0.253 bits per heavy atom. The lowest BCUT2D eigenvalue weighted by atomic mass is 10.0. The van der Waals surface area contributed by atoms with E-state index < -0.39 is 6.10 Å². The molecule has 0 aliphatic rings. The summed E-state index contributed by atoms with van der Waals surface area (Å²) in [5.74, 6) is -0.834. The van der Waals surface area contributed by atoms with Gasteiger partial charge >= 0.3 is 17.9 Å². The van der Waals surface area contributed by atoms with E-state index in [4.69, 9.17) is 14.2 Å². The summed E-state index contributed by atoms with van der Waals surface area (Å²) in [5, 5.41) is 0. The van der Waals surface area contributed by atoms with E-state index in [-0.39, 0.29) is 31.1 Å². The van der Waals surface area contributed by atoms with Gasteiger partial charge in [0, 0.05) is 19.3 Å². The summed E-state index contributed by atoms with van der Waals surface area (Å²) < 4.78 is 17.1. The number of carbonyl (C=O) groups is 3. The van der Waals surface area contributed by atoms with E-state index in [1.54, 1.807) is 0 Å². The summed E-state index contributed by atoms with van der Waals surface area (Å²) in [6.45, 7) is 6.62. The van der Waals surface area contributed by atoms with Crippen molar-refractivity contribution in [3.8, 4) is 0 Å². The third-order valence-electron chi connectivity index (χ3n) is 16.8. The first-order chi connectivity index (χ1) is 41.0. The molecule has 0 aliphatic carbocycles. The van der Waals surface area contributed by atoms with Crippen molar-refractivity contribution in [3.05, 3.63) is 48.6 Å². The molecule has 0 rings (SSSR count).